The maximum atomic E-state index is 12.0. The predicted molar refractivity (Wildman–Crippen MR) is 41.8 cm³/mol. The van der Waals surface area contributed by atoms with Crippen LogP contribution in [0.2, 0.25) is 0 Å². The second-order valence-electron chi connectivity index (χ2n) is 2.18. The quantitative estimate of drug-likeness (QED) is 0.666. The average molecular weight is 210 g/mol. The number of halogens is 3. The van der Waals surface area contributed by atoms with Crippen molar-refractivity contribution in [1.29, 1.82) is 0 Å². The highest BCUT2D eigenvalue weighted by Crippen LogP contribution is 2.30. The normalized spacial score (nSPS) is 11.7. The smallest absolute Gasteiger partial charge is 0.445 e. The molecule has 6 heteroatoms. The average Bonchev–Trinajstić information content (AvgIpc) is 2.01. The highest BCUT2D eigenvalue weighted by atomic mass is 32.2. The van der Waals surface area contributed by atoms with E-state index in [1.54, 1.807) is 0 Å². The number of thioether (sulfide) groups is 1. The van der Waals surface area contributed by atoms with Crippen molar-refractivity contribution in [2.75, 3.05) is 6.26 Å². The van der Waals surface area contributed by atoms with Gasteiger partial charge >= 0.3 is 6.18 Å². The zero-order chi connectivity index (χ0) is 10.1. The fourth-order valence-electron chi connectivity index (χ4n) is 0.695. The summed E-state index contributed by atoms with van der Waals surface area (Å²) in [5.74, 6) is -1.26. The Morgan fingerprint density at radius 3 is 2.46 bits per heavy atom. The molecule has 0 amide bonds. The Hall–Kier alpha value is -0.910. The van der Waals surface area contributed by atoms with Gasteiger partial charge in [0.2, 0.25) is 5.76 Å². The van der Waals surface area contributed by atoms with E-state index < -0.39 is 17.4 Å². The van der Waals surface area contributed by atoms with Gasteiger partial charge in [-0.05, 0) is 6.26 Å². The molecule has 0 aromatic carbocycles. The minimum atomic E-state index is -4.61. The van der Waals surface area contributed by atoms with Crippen LogP contribution in [-0.2, 0) is 6.18 Å². The predicted octanol–water partition coefficient (Wildman–Crippen LogP) is 2.38. The van der Waals surface area contributed by atoms with E-state index >= 15 is 0 Å². The molecule has 2 nitrogen and oxygen atoms in total. The van der Waals surface area contributed by atoms with Gasteiger partial charge in [0.25, 0.3) is 0 Å². The van der Waals surface area contributed by atoms with Crippen LogP contribution in [0, 0.1) is 0 Å². The first-order chi connectivity index (χ1) is 5.93. The molecule has 0 aliphatic carbocycles. The molecule has 0 radical (unpaired) electrons. The molecular formula is C7H5F3O2S. The van der Waals surface area contributed by atoms with Crippen LogP contribution in [-0.4, -0.2) is 6.26 Å². The summed E-state index contributed by atoms with van der Waals surface area (Å²) in [6, 6.07) is 1.44. The Kier molecular flexibility index (Phi) is 2.70. The van der Waals surface area contributed by atoms with Gasteiger partial charge in [-0.2, -0.15) is 13.2 Å². The van der Waals surface area contributed by atoms with Gasteiger partial charge in [-0.1, -0.05) is 11.8 Å². The summed E-state index contributed by atoms with van der Waals surface area (Å²) < 4.78 is 40.5. The molecule has 13 heavy (non-hydrogen) atoms. The third-order valence-electron chi connectivity index (χ3n) is 1.22. The summed E-state index contributed by atoms with van der Waals surface area (Å²) in [6.45, 7) is 0. The zero-order valence-corrected chi connectivity index (χ0v) is 7.33. The molecule has 0 unspecified atom stereocenters. The lowest BCUT2D eigenvalue weighted by molar-refractivity contribution is -0.155. The van der Waals surface area contributed by atoms with Crippen molar-refractivity contribution in [3.8, 4) is 0 Å². The van der Waals surface area contributed by atoms with Gasteiger partial charge in [-0.3, -0.25) is 4.79 Å². The topological polar surface area (TPSA) is 30.2 Å². The van der Waals surface area contributed by atoms with Gasteiger partial charge in [-0.25, -0.2) is 0 Å². The summed E-state index contributed by atoms with van der Waals surface area (Å²) >= 11 is 0.947. The molecule has 1 heterocycles. The van der Waals surface area contributed by atoms with Crippen LogP contribution >= 0.6 is 11.8 Å². The van der Waals surface area contributed by atoms with E-state index in [-0.39, 0.29) is 5.09 Å². The van der Waals surface area contributed by atoms with Crippen molar-refractivity contribution in [3.05, 3.63) is 28.1 Å². The molecule has 1 aromatic heterocycles. The van der Waals surface area contributed by atoms with Crippen molar-refractivity contribution < 1.29 is 17.6 Å². The third-order valence-corrected chi connectivity index (χ3v) is 1.83. The van der Waals surface area contributed by atoms with E-state index in [4.69, 9.17) is 0 Å². The number of hydrogen-bond acceptors (Lipinski definition) is 3. The molecular weight excluding hydrogens is 205 g/mol. The lowest BCUT2D eigenvalue weighted by Crippen LogP contribution is -2.10. The second-order valence-corrected chi connectivity index (χ2v) is 2.99. The minimum Gasteiger partial charge on any atom is -0.445 e. The van der Waals surface area contributed by atoms with Gasteiger partial charge in [0, 0.05) is 12.1 Å². The van der Waals surface area contributed by atoms with Crippen LogP contribution in [0.4, 0.5) is 13.2 Å². The fraction of sp³-hybridized carbons (Fsp3) is 0.286. The van der Waals surface area contributed by atoms with Crippen LogP contribution in [0.3, 0.4) is 0 Å². The van der Waals surface area contributed by atoms with E-state index in [0.717, 1.165) is 17.8 Å². The number of hydrogen-bond donors (Lipinski definition) is 0. The molecule has 0 saturated heterocycles. The van der Waals surface area contributed by atoms with Crippen LogP contribution in [0.1, 0.15) is 5.76 Å². The standard InChI is InChI=1S/C7H5F3O2S/c1-13-6-3-4(11)2-5(12-6)7(8,9)10/h2-3H,1H3. The maximum absolute atomic E-state index is 12.0. The van der Waals surface area contributed by atoms with Crippen LogP contribution in [0.5, 0.6) is 0 Å². The molecule has 0 fully saturated rings. The molecule has 0 atom stereocenters. The molecule has 72 valence electrons. The fourth-order valence-corrected chi connectivity index (χ4v) is 1.10. The number of rotatable bonds is 1. The first kappa shape index (κ1) is 10.2. The molecule has 0 spiro atoms. The lowest BCUT2D eigenvalue weighted by Gasteiger charge is -2.05. The second kappa shape index (κ2) is 3.45. The Morgan fingerprint density at radius 1 is 1.38 bits per heavy atom. The van der Waals surface area contributed by atoms with Crippen molar-refractivity contribution in [2.45, 2.75) is 11.3 Å². The SMILES string of the molecule is CSc1cc(=O)cc(C(F)(F)F)o1. The largest absolute Gasteiger partial charge is 0.449 e. The van der Waals surface area contributed by atoms with Gasteiger partial charge in [0.05, 0.1) is 0 Å². The highest BCUT2D eigenvalue weighted by molar-refractivity contribution is 7.98. The summed E-state index contributed by atoms with van der Waals surface area (Å²) in [7, 11) is 0. The van der Waals surface area contributed by atoms with E-state index in [1.165, 1.54) is 6.26 Å². The Labute approximate surface area is 75.7 Å². The molecule has 1 rings (SSSR count). The highest BCUT2D eigenvalue weighted by Gasteiger charge is 2.34. The molecule has 0 aliphatic heterocycles. The summed E-state index contributed by atoms with van der Waals surface area (Å²) in [5.41, 5.74) is -0.706. The van der Waals surface area contributed by atoms with Crippen molar-refractivity contribution in [3.63, 3.8) is 0 Å². The summed E-state index contributed by atoms with van der Waals surface area (Å²) in [4.78, 5) is 10.7. The van der Waals surface area contributed by atoms with E-state index in [1.807, 2.05) is 0 Å². The van der Waals surface area contributed by atoms with Gasteiger partial charge in [0.1, 0.15) is 0 Å². The number of alkyl halides is 3. The Morgan fingerprint density at radius 2 is 2.00 bits per heavy atom. The summed E-state index contributed by atoms with van der Waals surface area (Å²) in [6.07, 6.45) is -3.08. The van der Waals surface area contributed by atoms with Crippen LogP contribution < -0.4 is 5.43 Å². The Balaban J connectivity index is 3.24. The van der Waals surface area contributed by atoms with E-state index in [9.17, 15) is 18.0 Å². The van der Waals surface area contributed by atoms with Gasteiger partial charge < -0.3 is 4.42 Å². The zero-order valence-electron chi connectivity index (χ0n) is 6.51. The van der Waals surface area contributed by atoms with Crippen LogP contribution in [0.15, 0.2) is 26.4 Å². The lowest BCUT2D eigenvalue weighted by atomic mass is 10.4. The first-order valence-corrected chi connectivity index (χ1v) is 4.42. The molecule has 0 N–H and O–H groups in total. The molecule has 1 aromatic rings. The maximum Gasteiger partial charge on any atom is 0.449 e. The van der Waals surface area contributed by atoms with Gasteiger partial charge in [0.15, 0.2) is 10.5 Å². The molecule has 0 saturated carbocycles. The van der Waals surface area contributed by atoms with Gasteiger partial charge in [-0.15, -0.1) is 0 Å². The minimum absolute atomic E-state index is 0.0418. The molecule has 0 aliphatic rings. The van der Waals surface area contributed by atoms with Crippen molar-refractivity contribution >= 4 is 11.8 Å². The van der Waals surface area contributed by atoms with Crippen molar-refractivity contribution in [1.82, 2.24) is 0 Å². The van der Waals surface area contributed by atoms with E-state index in [0.29, 0.717) is 6.07 Å². The molecule has 0 bridgehead atoms. The summed E-state index contributed by atoms with van der Waals surface area (Å²) in [5, 5.41) is -0.0418. The first-order valence-electron chi connectivity index (χ1n) is 3.20. The Bertz CT molecular complexity index is 355. The van der Waals surface area contributed by atoms with E-state index in [2.05, 4.69) is 4.42 Å². The third kappa shape index (κ3) is 2.51. The monoisotopic (exact) mass is 210 g/mol. The van der Waals surface area contributed by atoms with Crippen LogP contribution in [0.25, 0.3) is 0 Å². The van der Waals surface area contributed by atoms with Crippen molar-refractivity contribution in [2.24, 2.45) is 0 Å².